The van der Waals surface area contributed by atoms with Crippen LogP contribution in [-0.4, -0.2) is 33.6 Å². The quantitative estimate of drug-likeness (QED) is 0.633. The van der Waals surface area contributed by atoms with E-state index < -0.39 is 0 Å². The number of hydrogen-bond acceptors (Lipinski definition) is 5. The van der Waals surface area contributed by atoms with Gasteiger partial charge in [0.15, 0.2) is 11.5 Å². The second-order valence-electron chi connectivity index (χ2n) is 5.74. The molecule has 0 radical (unpaired) electrons. The fourth-order valence-electron chi connectivity index (χ4n) is 2.68. The lowest BCUT2D eigenvalue weighted by Crippen LogP contribution is -2.41. The third-order valence-electron chi connectivity index (χ3n) is 3.62. The summed E-state index contributed by atoms with van der Waals surface area (Å²) in [5, 5.41) is 7.84. The summed E-state index contributed by atoms with van der Waals surface area (Å²) in [6, 6.07) is 3.69. The van der Waals surface area contributed by atoms with Crippen LogP contribution in [0.15, 0.2) is 12.1 Å². The topological polar surface area (TPSA) is 84.1 Å². The Balaban J connectivity index is 2.15. The Bertz CT molecular complexity index is 439. The lowest BCUT2D eigenvalue weighted by molar-refractivity contribution is 0.0648. The summed E-state index contributed by atoms with van der Waals surface area (Å²) in [5.74, 6) is 6.13. The van der Waals surface area contributed by atoms with E-state index in [0.717, 1.165) is 19.4 Å². The molecule has 6 nitrogen and oxygen atoms in total. The van der Waals surface area contributed by atoms with Gasteiger partial charge in [-0.3, -0.25) is 4.79 Å². The molecule has 0 saturated heterocycles. The van der Waals surface area contributed by atoms with Crippen LogP contribution in [0.25, 0.3) is 0 Å². The van der Waals surface area contributed by atoms with Gasteiger partial charge in [0.25, 0.3) is 5.91 Å². The zero-order chi connectivity index (χ0) is 14.5. The molecule has 20 heavy (non-hydrogen) atoms. The highest BCUT2D eigenvalue weighted by Gasteiger charge is 2.28. The molecular weight excluding hydrogens is 254 g/mol. The van der Waals surface area contributed by atoms with Gasteiger partial charge in [0.05, 0.1) is 0 Å². The molecule has 0 aliphatic heterocycles. The first-order valence-electron chi connectivity index (χ1n) is 7.23. The summed E-state index contributed by atoms with van der Waals surface area (Å²) >= 11 is 0. The predicted octanol–water partition coefficient (Wildman–Crippen LogP) is 1.80. The van der Waals surface area contributed by atoms with Gasteiger partial charge in [-0.1, -0.05) is 26.7 Å². The molecule has 1 heterocycles. The van der Waals surface area contributed by atoms with E-state index in [2.05, 4.69) is 29.5 Å². The molecule has 2 rings (SSSR count). The van der Waals surface area contributed by atoms with Crippen molar-refractivity contribution in [2.24, 2.45) is 11.8 Å². The zero-order valence-corrected chi connectivity index (χ0v) is 12.2. The third kappa shape index (κ3) is 3.45. The van der Waals surface area contributed by atoms with E-state index in [-0.39, 0.29) is 5.91 Å². The second kappa shape index (κ2) is 6.65. The smallest absolute Gasteiger partial charge is 0.274 e. The van der Waals surface area contributed by atoms with Crippen LogP contribution in [-0.2, 0) is 0 Å². The van der Waals surface area contributed by atoms with Crippen molar-refractivity contribution in [1.82, 2.24) is 15.1 Å². The van der Waals surface area contributed by atoms with Crippen LogP contribution in [0.1, 0.15) is 50.0 Å². The van der Waals surface area contributed by atoms with Gasteiger partial charge in [0.1, 0.15) is 0 Å². The monoisotopic (exact) mass is 277 g/mol. The molecular formula is C14H23N5O. The minimum Gasteiger partial charge on any atom is -0.334 e. The zero-order valence-electron chi connectivity index (χ0n) is 12.2. The van der Waals surface area contributed by atoms with Crippen molar-refractivity contribution in [3.63, 3.8) is 0 Å². The van der Waals surface area contributed by atoms with Crippen LogP contribution in [0.2, 0.25) is 0 Å². The van der Waals surface area contributed by atoms with Gasteiger partial charge in [0, 0.05) is 12.6 Å². The highest BCUT2D eigenvalue weighted by molar-refractivity contribution is 5.92. The number of nitrogens with one attached hydrogen (secondary N) is 1. The van der Waals surface area contributed by atoms with E-state index in [0.29, 0.717) is 23.5 Å². The number of anilines is 1. The minimum atomic E-state index is -0.0262. The Morgan fingerprint density at radius 2 is 2.10 bits per heavy atom. The summed E-state index contributed by atoms with van der Waals surface area (Å²) in [4.78, 5) is 14.6. The number of carbonyl (C=O) groups is 1. The van der Waals surface area contributed by atoms with Gasteiger partial charge in [-0.05, 0) is 30.9 Å². The van der Waals surface area contributed by atoms with E-state index in [4.69, 9.17) is 5.84 Å². The molecule has 1 aliphatic rings. The molecule has 0 unspecified atom stereocenters. The second-order valence-corrected chi connectivity index (χ2v) is 5.74. The maximum atomic E-state index is 12.6. The maximum Gasteiger partial charge on any atom is 0.274 e. The SMILES string of the molecule is CC(C)CN(C(=O)c1ccc(NN)nn1)C1CCCC1. The highest BCUT2D eigenvalue weighted by Crippen LogP contribution is 2.25. The number of carbonyl (C=O) groups excluding carboxylic acids is 1. The number of nitrogen functional groups attached to an aromatic ring is 1. The number of rotatable bonds is 5. The molecule has 1 aromatic heterocycles. The molecule has 0 spiro atoms. The van der Waals surface area contributed by atoms with Crippen LogP contribution in [0.4, 0.5) is 5.82 Å². The van der Waals surface area contributed by atoms with Crippen molar-refractivity contribution in [3.05, 3.63) is 17.8 Å². The van der Waals surface area contributed by atoms with E-state index in [1.165, 1.54) is 12.8 Å². The van der Waals surface area contributed by atoms with Crippen molar-refractivity contribution in [3.8, 4) is 0 Å². The molecule has 1 aliphatic carbocycles. The van der Waals surface area contributed by atoms with Crippen molar-refractivity contribution in [2.75, 3.05) is 12.0 Å². The molecule has 1 amide bonds. The van der Waals surface area contributed by atoms with Crippen LogP contribution >= 0.6 is 0 Å². The molecule has 0 atom stereocenters. The number of hydrogen-bond donors (Lipinski definition) is 2. The van der Waals surface area contributed by atoms with Crippen LogP contribution in [0, 0.1) is 5.92 Å². The predicted molar refractivity (Wildman–Crippen MR) is 78.0 cm³/mol. The van der Waals surface area contributed by atoms with E-state index in [1.54, 1.807) is 12.1 Å². The summed E-state index contributed by atoms with van der Waals surface area (Å²) < 4.78 is 0. The van der Waals surface area contributed by atoms with E-state index in [1.807, 2.05) is 4.90 Å². The van der Waals surface area contributed by atoms with Crippen molar-refractivity contribution >= 4 is 11.7 Å². The molecule has 3 N–H and O–H groups in total. The maximum absolute atomic E-state index is 12.6. The van der Waals surface area contributed by atoms with Crippen LogP contribution < -0.4 is 11.3 Å². The van der Waals surface area contributed by atoms with Gasteiger partial charge in [-0.15, -0.1) is 10.2 Å². The first-order chi connectivity index (χ1) is 9.61. The highest BCUT2D eigenvalue weighted by atomic mass is 16.2. The third-order valence-corrected chi connectivity index (χ3v) is 3.62. The van der Waals surface area contributed by atoms with Gasteiger partial charge in [-0.2, -0.15) is 0 Å². The van der Waals surface area contributed by atoms with Gasteiger partial charge >= 0.3 is 0 Å². The number of nitrogens with zero attached hydrogens (tertiary/aromatic N) is 3. The van der Waals surface area contributed by atoms with Crippen molar-refractivity contribution < 1.29 is 4.79 Å². The van der Waals surface area contributed by atoms with Gasteiger partial charge in [-0.25, -0.2) is 5.84 Å². The normalized spacial score (nSPS) is 15.6. The number of nitrogens with two attached hydrogens (primary N) is 1. The lowest BCUT2D eigenvalue weighted by Gasteiger charge is -2.30. The standard InChI is InChI=1S/C14H23N5O/c1-10(2)9-19(11-5-3-4-6-11)14(20)12-7-8-13(16-15)18-17-12/h7-8,10-11H,3-6,9,15H2,1-2H3,(H,16,18). The van der Waals surface area contributed by atoms with Gasteiger partial charge < -0.3 is 10.3 Å². The molecule has 1 aromatic rings. The first-order valence-corrected chi connectivity index (χ1v) is 7.23. The Labute approximate surface area is 119 Å². The van der Waals surface area contributed by atoms with Crippen LogP contribution in [0.3, 0.4) is 0 Å². The fraction of sp³-hybridized carbons (Fsp3) is 0.643. The number of hydrazine groups is 1. The average Bonchev–Trinajstić information content (AvgIpc) is 2.98. The Hall–Kier alpha value is -1.69. The fourth-order valence-corrected chi connectivity index (χ4v) is 2.68. The van der Waals surface area contributed by atoms with Crippen molar-refractivity contribution in [1.29, 1.82) is 0 Å². The molecule has 0 aromatic carbocycles. The molecule has 1 saturated carbocycles. The molecule has 0 bridgehead atoms. The summed E-state index contributed by atoms with van der Waals surface area (Å²) in [5.41, 5.74) is 2.80. The lowest BCUT2D eigenvalue weighted by atomic mass is 10.1. The van der Waals surface area contributed by atoms with Crippen molar-refractivity contribution in [2.45, 2.75) is 45.6 Å². The van der Waals surface area contributed by atoms with E-state index in [9.17, 15) is 4.79 Å². The summed E-state index contributed by atoms with van der Waals surface area (Å²) in [6.07, 6.45) is 4.59. The Kier molecular flexibility index (Phi) is 4.89. The summed E-state index contributed by atoms with van der Waals surface area (Å²) in [6.45, 7) is 5.02. The van der Waals surface area contributed by atoms with Crippen LogP contribution in [0.5, 0.6) is 0 Å². The Morgan fingerprint density at radius 3 is 2.60 bits per heavy atom. The molecule has 6 heteroatoms. The molecule has 110 valence electrons. The van der Waals surface area contributed by atoms with E-state index >= 15 is 0 Å². The minimum absolute atomic E-state index is 0.0262. The molecule has 1 fully saturated rings. The van der Waals surface area contributed by atoms with Gasteiger partial charge in [0.2, 0.25) is 0 Å². The average molecular weight is 277 g/mol. The number of amides is 1. The Morgan fingerprint density at radius 1 is 1.40 bits per heavy atom. The number of aromatic nitrogens is 2. The summed E-state index contributed by atoms with van der Waals surface area (Å²) in [7, 11) is 0. The largest absolute Gasteiger partial charge is 0.334 e. The first kappa shape index (κ1) is 14.7.